The van der Waals surface area contributed by atoms with Crippen molar-refractivity contribution in [2.24, 2.45) is 5.73 Å². The highest BCUT2D eigenvalue weighted by molar-refractivity contribution is 5.77. The monoisotopic (exact) mass is 280 g/mol. The van der Waals surface area contributed by atoms with E-state index in [2.05, 4.69) is 0 Å². The number of carbonyl (C=O) groups is 1. The van der Waals surface area contributed by atoms with Gasteiger partial charge in [0.1, 0.15) is 0 Å². The van der Waals surface area contributed by atoms with Gasteiger partial charge in [-0.15, -0.1) is 0 Å². The van der Waals surface area contributed by atoms with Gasteiger partial charge in [-0.1, -0.05) is 18.9 Å². The van der Waals surface area contributed by atoms with Crippen LogP contribution in [-0.2, 0) is 11.3 Å². The lowest BCUT2D eigenvalue weighted by Gasteiger charge is -2.20. The molecular weight excluding hydrogens is 259 g/mol. The Bertz CT molecular complexity index is 457. The zero-order chi connectivity index (χ0) is 14.4. The molecule has 0 saturated carbocycles. The first-order chi connectivity index (χ1) is 9.70. The number of halogens is 1. The van der Waals surface area contributed by atoms with Gasteiger partial charge in [0.25, 0.3) is 5.91 Å². The SMILES string of the molecule is NCc1ccc(OCC(=O)N2CCCCCC2)c(F)c1. The quantitative estimate of drug-likeness (QED) is 0.918. The number of amides is 1. The highest BCUT2D eigenvalue weighted by atomic mass is 19.1. The first-order valence-corrected chi connectivity index (χ1v) is 7.10. The Hall–Kier alpha value is -1.62. The highest BCUT2D eigenvalue weighted by Crippen LogP contribution is 2.18. The summed E-state index contributed by atoms with van der Waals surface area (Å²) in [6, 6.07) is 4.56. The van der Waals surface area contributed by atoms with Crippen molar-refractivity contribution in [3.8, 4) is 5.75 Å². The fourth-order valence-corrected chi connectivity index (χ4v) is 2.34. The van der Waals surface area contributed by atoms with Gasteiger partial charge < -0.3 is 15.4 Å². The summed E-state index contributed by atoms with van der Waals surface area (Å²) in [5.41, 5.74) is 6.14. The van der Waals surface area contributed by atoms with Crippen LogP contribution in [0.3, 0.4) is 0 Å². The van der Waals surface area contributed by atoms with Crippen LogP contribution in [0, 0.1) is 5.82 Å². The van der Waals surface area contributed by atoms with E-state index >= 15 is 0 Å². The van der Waals surface area contributed by atoms with Crippen molar-refractivity contribution >= 4 is 5.91 Å². The predicted octanol–water partition coefficient (Wildman–Crippen LogP) is 2.07. The summed E-state index contributed by atoms with van der Waals surface area (Å²) in [5, 5.41) is 0. The molecule has 0 aromatic heterocycles. The fraction of sp³-hybridized carbons (Fsp3) is 0.533. The average molecular weight is 280 g/mol. The minimum absolute atomic E-state index is 0.0748. The molecule has 1 aromatic rings. The molecule has 0 bridgehead atoms. The van der Waals surface area contributed by atoms with Crippen LogP contribution < -0.4 is 10.5 Å². The van der Waals surface area contributed by atoms with E-state index in [1.54, 1.807) is 11.0 Å². The van der Waals surface area contributed by atoms with Crippen LogP contribution in [0.2, 0.25) is 0 Å². The summed E-state index contributed by atoms with van der Waals surface area (Å²) in [6.45, 7) is 1.72. The largest absolute Gasteiger partial charge is 0.481 e. The van der Waals surface area contributed by atoms with Gasteiger partial charge in [0, 0.05) is 19.6 Å². The predicted molar refractivity (Wildman–Crippen MR) is 74.8 cm³/mol. The van der Waals surface area contributed by atoms with Crippen LogP contribution in [0.4, 0.5) is 4.39 Å². The maximum atomic E-state index is 13.7. The van der Waals surface area contributed by atoms with Gasteiger partial charge in [-0.3, -0.25) is 4.79 Å². The highest BCUT2D eigenvalue weighted by Gasteiger charge is 2.16. The molecule has 0 unspecified atom stereocenters. The molecule has 1 amide bonds. The molecule has 1 aliphatic rings. The normalized spacial score (nSPS) is 15.8. The van der Waals surface area contributed by atoms with Gasteiger partial charge in [0.2, 0.25) is 0 Å². The lowest BCUT2D eigenvalue weighted by molar-refractivity contribution is -0.133. The van der Waals surface area contributed by atoms with Crippen LogP contribution in [0.15, 0.2) is 18.2 Å². The van der Waals surface area contributed by atoms with Crippen molar-refractivity contribution in [2.45, 2.75) is 32.2 Å². The number of ether oxygens (including phenoxy) is 1. The summed E-state index contributed by atoms with van der Waals surface area (Å²) in [6.07, 6.45) is 4.40. The van der Waals surface area contributed by atoms with Crippen molar-refractivity contribution in [3.63, 3.8) is 0 Å². The molecule has 5 heteroatoms. The third-order valence-corrected chi connectivity index (χ3v) is 3.54. The van der Waals surface area contributed by atoms with Crippen LogP contribution in [0.1, 0.15) is 31.2 Å². The molecule has 1 aliphatic heterocycles. The van der Waals surface area contributed by atoms with Crippen molar-refractivity contribution in [1.29, 1.82) is 0 Å². The van der Waals surface area contributed by atoms with Gasteiger partial charge >= 0.3 is 0 Å². The van der Waals surface area contributed by atoms with Gasteiger partial charge in [-0.05, 0) is 30.5 Å². The Labute approximate surface area is 118 Å². The molecule has 0 atom stereocenters. The Morgan fingerprint density at radius 3 is 2.55 bits per heavy atom. The van der Waals surface area contributed by atoms with E-state index in [0.717, 1.165) is 25.9 Å². The molecule has 110 valence electrons. The van der Waals surface area contributed by atoms with Crippen LogP contribution >= 0.6 is 0 Å². The minimum Gasteiger partial charge on any atom is -0.481 e. The maximum Gasteiger partial charge on any atom is 0.260 e. The maximum absolute atomic E-state index is 13.7. The molecule has 0 aliphatic carbocycles. The molecule has 0 radical (unpaired) electrons. The molecule has 4 nitrogen and oxygen atoms in total. The van der Waals surface area contributed by atoms with Crippen LogP contribution in [0.25, 0.3) is 0 Å². The van der Waals surface area contributed by atoms with Crippen molar-refractivity contribution in [1.82, 2.24) is 4.90 Å². The molecule has 1 heterocycles. The molecule has 1 saturated heterocycles. The zero-order valence-corrected chi connectivity index (χ0v) is 11.6. The van der Waals surface area contributed by atoms with E-state index in [1.807, 2.05) is 0 Å². The third kappa shape index (κ3) is 3.93. The molecule has 2 N–H and O–H groups in total. The molecule has 1 aromatic carbocycles. The average Bonchev–Trinajstić information content (AvgIpc) is 2.74. The van der Waals surface area contributed by atoms with Gasteiger partial charge in [-0.2, -0.15) is 0 Å². The second kappa shape index (κ2) is 7.24. The molecule has 2 rings (SSSR count). The second-order valence-electron chi connectivity index (χ2n) is 5.05. The van der Waals surface area contributed by atoms with E-state index in [9.17, 15) is 9.18 Å². The van der Waals surface area contributed by atoms with E-state index in [0.29, 0.717) is 5.56 Å². The number of carbonyl (C=O) groups excluding carboxylic acids is 1. The van der Waals surface area contributed by atoms with E-state index in [4.69, 9.17) is 10.5 Å². The smallest absolute Gasteiger partial charge is 0.260 e. The van der Waals surface area contributed by atoms with Crippen LogP contribution in [0.5, 0.6) is 5.75 Å². The van der Waals surface area contributed by atoms with E-state index in [1.165, 1.54) is 25.0 Å². The molecule has 1 fully saturated rings. The summed E-state index contributed by atoms with van der Waals surface area (Å²) < 4.78 is 19.0. The molecular formula is C15H21FN2O2. The molecule has 20 heavy (non-hydrogen) atoms. The number of nitrogens with zero attached hydrogens (tertiary/aromatic N) is 1. The fourth-order valence-electron chi connectivity index (χ4n) is 2.34. The lowest BCUT2D eigenvalue weighted by Crippen LogP contribution is -2.35. The summed E-state index contributed by atoms with van der Waals surface area (Å²) in [7, 11) is 0. The van der Waals surface area contributed by atoms with Crippen molar-refractivity contribution < 1.29 is 13.9 Å². The number of likely N-dealkylation sites (tertiary alicyclic amines) is 1. The number of benzene rings is 1. The summed E-state index contributed by atoms with van der Waals surface area (Å²) in [5.74, 6) is -0.448. The molecule has 0 spiro atoms. The van der Waals surface area contributed by atoms with Gasteiger partial charge in [0.05, 0.1) is 0 Å². The number of hydrogen-bond acceptors (Lipinski definition) is 3. The first kappa shape index (κ1) is 14.8. The zero-order valence-electron chi connectivity index (χ0n) is 11.6. The first-order valence-electron chi connectivity index (χ1n) is 7.10. The Balaban J connectivity index is 1.89. The van der Waals surface area contributed by atoms with Gasteiger partial charge in [-0.25, -0.2) is 4.39 Å². The van der Waals surface area contributed by atoms with Crippen molar-refractivity contribution in [2.75, 3.05) is 19.7 Å². The summed E-state index contributed by atoms with van der Waals surface area (Å²) >= 11 is 0. The third-order valence-electron chi connectivity index (χ3n) is 3.54. The number of hydrogen-bond donors (Lipinski definition) is 1. The topological polar surface area (TPSA) is 55.6 Å². The standard InChI is InChI=1S/C15H21FN2O2/c16-13-9-12(10-17)5-6-14(13)20-11-15(19)18-7-3-1-2-4-8-18/h5-6,9H,1-4,7-8,10-11,17H2. The summed E-state index contributed by atoms with van der Waals surface area (Å²) in [4.78, 5) is 13.8. The van der Waals surface area contributed by atoms with Crippen LogP contribution in [-0.4, -0.2) is 30.5 Å². The van der Waals surface area contributed by atoms with E-state index in [-0.39, 0.29) is 24.8 Å². The number of nitrogens with two attached hydrogens (primary N) is 1. The van der Waals surface area contributed by atoms with Crippen molar-refractivity contribution in [3.05, 3.63) is 29.6 Å². The van der Waals surface area contributed by atoms with Gasteiger partial charge in [0.15, 0.2) is 18.2 Å². The lowest BCUT2D eigenvalue weighted by atomic mass is 10.2. The van der Waals surface area contributed by atoms with E-state index < -0.39 is 5.82 Å². The Morgan fingerprint density at radius 2 is 1.95 bits per heavy atom. The number of rotatable bonds is 4. The second-order valence-corrected chi connectivity index (χ2v) is 5.05. The Kier molecular flexibility index (Phi) is 5.35. The minimum atomic E-state index is -0.475. The Morgan fingerprint density at radius 1 is 1.25 bits per heavy atom.